The molecule has 0 radical (unpaired) electrons. The molecule has 1 atom stereocenters. The van der Waals surface area contributed by atoms with Gasteiger partial charge in [0.1, 0.15) is 0 Å². The first-order chi connectivity index (χ1) is 9.36. The lowest BCUT2D eigenvalue weighted by molar-refractivity contribution is 0.266. The maximum absolute atomic E-state index is 5.96. The van der Waals surface area contributed by atoms with E-state index in [-0.39, 0.29) is 0 Å². The Bertz CT molecular complexity index is 511. The summed E-state index contributed by atoms with van der Waals surface area (Å²) in [6.07, 6.45) is 0. The van der Waals surface area contributed by atoms with Gasteiger partial charge in [-0.1, -0.05) is 54.6 Å². The molecule has 0 amide bonds. The predicted molar refractivity (Wildman–Crippen MR) is 78.8 cm³/mol. The van der Waals surface area contributed by atoms with Gasteiger partial charge in [-0.2, -0.15) is 0 Å². The van der Waals surface area contributed by atoms with E-state index in [9.17, 15) is 0 Å². The SMILES string of the molecule is NCC(CN1Cc2ccccc2C1)c1ccccc1. The maximum Gasteiger partial charge on any atom is 0.0240 e. The summed E-state index contributed by atoms with van der Waals surface area (Å²) in [4.78, 5) is 2.50. The van der Waals surface area contributed by atoms with Crippen LogP contribution >= 0.6 is 0 Å². The van der Waals surface area contributed by atoms with Crippen LogP contribution in [0.4, 0.5) is 0 Å². The minimum atomic E-state index is 0.426. The zero-order valence-electron chi connectivity index (χ0n) is 11.1. The van der Waals surface area contributed by atoms with Crippen molar-refractivity contribution in [2.45, 2.75) is 19.0 Å². The van der Waals surface area contributed by atoms with Crippen LogP contribution in [0.2, 0.25) is 0 Å². The quantitative estimate of drug-likeness (QED) is 0.906. The highest BCUT2D eigenvalue weighted by Crippen LogP contribution is 2.25. The smallest absolute Gasteiger partial charge is 0.0240 e. The molecule has 98 valence electrons. The summed E-state index contributed by atoms with van der Waals surface area (Å²) in [5, 5.41) is 0. The second kappa shape index (κ2) is 5.55. The van der Waals surface area contributed by atoms with E-state index in [4.69, 9.17) is 5.73 Å². The highest BCUT2D eigenvalue weighted by atomic mass is 15.1. The Balaban J connectivity index is 1.69. The molecular formula is C17H20N2. The number of benzene rings is 2. The van der Waals surface area contributed by atoms with Crippen LogP contribution in [-0.2, 0) is 13.1 Å². The molecule has 0 aliphatic carbocycles. The van der Waals surface area contributed by atoms with Crippen molar-refractivity contribution in [2.75, 3.05) is 13.1 Å². The van der Waals surface area contributed by atoms with Gasteiger partial charge in [-0.3, -0.25) is 4.90 Å². The van der Waals surface area contributed by atoms with Crippen LogP contribution in [0.5, 0.6) is 0 Å². The second-order valence-electron chi connectivity index (χ2n) is 5.28. The number of fused-ring (bicyclic) bond motifs is 1. The van der Waals surface area contributed by atoms with Gasteiger partial charge >= 0.3 is 0 Å². The summed E-state index contributed by atoms with van der Waals surface area (Å²) in [5.74, 6) is 0.426. The molecule has 2 heteroatoms. The van der Waals surface area contributed by atoms with Crippen LogP contribution in [0.15, 0.2) is 54.6 Å². The molecule has 0 saturated carbocycles. The molecule has 19 heavy (non-hydrogen) atoms. The number of hydrogen-bond acceptors (Lipinski definition) is 2. The Morgan fingerprint density at radius 1 is 0.895 bits per heavy atom. The molecule has 2 aromatic rings. The lowest BCUT2D eigenvalue weighted by Gasteiger charge is -2.22. The van der Waals surface area contributed by atoms with Gasteiger partial charge < -0.3 is 5.73 Å². The Kier molecular flexibility index (Phi) is 3.62. The zero-order chi connectivity index (χ0) is 13.1. The van der Waals surface area contributed by atoms with Crippen molar-refractivity contribution in [3.05, 3.63) is 71.3 Å². The first-order valence-electron chi connectivity index (χ1n) is 6.91. The third kappa shape index (κ3) is 2.70. The minimum Gasteiger partial charge on any atom is -0.330 e. The summed E-state index contributed by atoms with van der Waals surface area (Å²) in [5.41, 5.74) is 10.2. The van der Waals surface area contributed by atoms with Crippen LogP contribution < -0.4 is 5.73 Å². The van der Waals surface area contributed by atoms with Crippen molar-refractivity contribution in [3.8, 4) is 0 Å². The maximum atomic E-state index is 5.96. The van der Waals surface area contributed by atoms with E-state index < -0.39 is 0 Å². The van der Waals surface area contributed by atoms with Gasteiger partial charge in [-0.05, 0) is 16.7 Å². The van der Waals surface area contributed by atoms with Crippen molar-refractivity contribution in [1.82, 2.24) is 4.90 Å². The second-order valence-corrected chi connectivity index (χ2v) is 5.28. The third-order valence-electron chi connectivity index (χ3n) is 3.94. The van der Waals surface area contributed by atoms with E-state index in [1.54, 1.807) is 0 Å². The molecule has 1 aliphatic rings. The molecule has 1 aliphatic heterocycles. The molecule has 0 aromatic heterocycles. The van der Waals surface area contributed by atoms with Crippen molar-refractivity contribution in [1.29, 1.82) is 0 Å². The van der Waals surface area contributed by atoms with Gasteiger partial charge in [0.2, 0.25) is 0 Å². The largest absolute Gasteiger partial charge is 0.330 e. The lowest BCUT2D eigenvalue weighted by atomic mass is 9.99. The highest BCUT2D eigenvalue weighted by Gasteiger charge is 2.21. The first kappa shape index (κ1) is 12.4. The minimum absolute atomic E-state index is 0.426. The zero-order valence-corrected chi connectivity index (χ0v) is 11.1. The Hall–Kier alpha value is -1.64. The summed E-state index contributed by atoms with van der Waals surface area (Å²) in [6.45, 7) is 3.85. The normalized spacial score (nSPS) is 16.3. The van der Waals surface area contributed by atoms with Crippen molar-refractivity contribution < 1.29 is 0 Å². The molecule has 0 bridgehead atoms. The van der Waals surface area contributed by atoms with Gasteiger partial charge in [-0.15, -0.1) is 0 Å². The van der Waals surface area contributed by atoms with Gasteiger partial charge in [0.05, 0.1) is 0 Å². The lowest BCUT2D eigenvalue weighted by Crippen LogP contribution is -2.27. The van der Waals surface area contributed by atoms with E-state index in [0.717, 1.165) is 19.6 Å². The van der Waals surface area contributed by atoms with Crippen molar-refractivity contribution >= 4 is 0 Å². The molecule has 1 unspecified atom stereocenters. The van der Waals surface area contributed by atoms with Crippen LogP contribution in [0.25, 0.3) is 0 Å². The number of nitrogens with two attached hydrogens (primary N) is 1. The monoisotopic (exact) mass is 252 g/mol. The van der Waals surface area contributed by atoms with Crippen molar-refractivity contribution in [3.63, 3.8) is 0 Å². The summed E-state index contributed by atoms with van der Waals surface area (Å²) < 4.78 is 0. The van der Waals surface area contributed by atoms with E-state index in [1.165, 1.54) is 16.7 Å². The molecule has 3 rings (SSSR count). The molecule has 2 nitrogen and oxygen atoms in total. The summed E-state index contributed by atoms with van der Waals surface area (Å²) >= 11 is 0. The van der Waals surface area contributed by atoms with E-state index in [2.05, 4.69) is 59.5 Å². The Labute approximate surface area is 114 Å². The molecular weight excluding hydrogens is 232 g/mol. The predicted octanol–water partition coefficient (Wildman–Crippen LogP) is 2.74. The fourth-order valence-electron chi connectivity index (χ4n) is 2.89. The summed E-state index contributed by atoms with van der Waals surface area (Å²) in [6, 6.07) is 19.3. The number of nitrogens with zero attached hydrogens (tertiary/aromatic N) is 1. The molecule has 2 aromatic carbocycles. The fourth-order valence-corrected chi connectivity index (χ4v) is 2.89. The molecule has 1 heterocycles. The highest BCUT2D eigenvalue weighted by molar-refractivity contribution is 5.30. The van der Waals surface area contributed by atoms with Gasteiger partial charge in [0.15, 0.2) is 0 Å². The topological polar surface area (TPSA) is 29.3 Å². The number of hydrogen-bond donors (Lipinski definition) is 1. The van der Waals surface area contributed by atoms with Crippen LogP contribution in [0.1, 0.15) is 22.6 Å². The van der Waals surface area contributed by atoms with E-state index in [0.29, 0.717) is 12.5 Å². The average molecular weight is 252 g/mol. The Morgan fingerprint density at radius 2 is 1.47 bits per heavy atom. The number of rotatable bonds is 4. The van der Waals surface area contributed by atoms with Gasteiger partial charge in [0, 0.05) is 32.1 Å². The molecule has 0 spiro atoms. The molecule has 0 fully saturated rings. The first-order valence-corrected chi connectivity index (χ1v) is 6.91. The third-order valence-corrected chi connectivity index (χ3v) is 3.94. The average Bonchev–Trinajstić information content (AvgIpc) is 2.88. The molecule has 0 saturated heterocycles. The molecule has 2 N–H and O–H groups in total. The van der Waals surface area contributed by atoms with Crippen LogP contribution in [0, 0.1) is 0 Å². The van der Waals surface area contributed by atoms with Gasteiger partial charge in [0.25, 0.3) is 0 Å². The van der Waals surface area contributed by atoms with E-state index in [1.807, 2.05) is 0 Å². The summed E-state index contributed by atoms with van der Waals surface area (Å²) in [7, 11) is 0. The standard InChI is InChI=1S/C17H20N2/c18-10-17(14-6-2-1-3-7-14)13-19-11-15-8-4-5-9-16(15)12-19/h1-9,17H,10-13,18H2. The van der Waals surface area contributed by atoms with Crippen molar-refractivity contribution in [2.24, 2.45) is 5.73 Å². The van der Waals surface area contributed by atoms with Crippen LogP contribution in [0.3, 0.4) is 0 Å². The van der Waals surface area contributed by atoms with Crippen LogP contribution in [-0.4, -0.2) is 18.0 Å². The van der Waals surface area contributed by atoms with Gasteiger partial charge in [-0.25, -0.2) is 0 Å². The van der Waals surface area contributed by atoms with E-state index >= 15 is 0 Å². The Morgan fingerprint density at radius 3 is 2.05 bits per heavy atom. The fraction of sp³-hybridized carbons (Fsp3) is 0.294.